The van der Waals surface area contributed by atoms with Crippen molar-refractivity contribution in [2.45, 2.75) is 13.3 Å². The Morgan fingerprint density at radius 1 is 1.18 bits per heavy atom. The van der Waals surface area contributed by atoms with Gasteiger partial charge in [0.2, 0.25) is 0 Å². The number of aryl methyl sites for hydroxylation is 1. The molecule has 0 fully saturated rings. The highest BCUT2D eigenvalue weighted by molar-refractivity contribution is 6.34. The van der Waals surface area contributed by atoms with Crippen molar-refractivity contribution in [3.63, 3.8) is 0 Å². The molecular formula is C18H12ClF4N3O2. The van der Waals surface area contributed by atoms with Crippen LogP contribution in [-0.2, 0) is 0 Å². The van der Waals surface area contributed by atoms with Crippen molar-refractivity contribution in [1.82, 2.24) is 9.78 Å². The molecule has 3 rings (SSSR count). The fraction of sp³-hybridized carbons (Fsp3) is 0.111. The van der Waals surface area contributed by atoms with Crippen molar-refractivity contribution >= 4 is 23.2 Å². The minimum atomic E-state index is -4.85. The number of nitrogens with one attached hydrogen (secondary N) is 1. The van der Waals surface area contributed by atoms with Crippen LogP contribution in [0.3, 0.4) is 0 Å². The average Bonchev–Trinajstić information content (AvgIpc) is 2.89. The second-order valence-corrected chi connectivity index (χ2v) is 6.03. The quantitative estimate of drug-likeness (QED) is 0.604. The summed E-state index contributed by atoms with van der Waals surface area (Å²) in [5, 5.41) is 6.60. The van der Waals surface area contributed by atoms with E-state index in [4.69, 9.17) is 11.6 Å². The van der Waals surface area contributed by atoms with E-state index in [1.165, 1.54) is 41.1 Å². The maximum absolute atomic E-state index is 13.1. The van der Waals surface area contributed by atoms with E-state index < -0.39 is 23.8 Å². The van der Waals surface area contributed by atoms with Gasteiger partial charge in [-0.05, 0) is 43.3 Å². The molecule has 10 heteroatoms. The Morgan fingerprint density at radius 3 is 2.50 bits per heavy atom. The molecule has 1 N–H and O–H groups in total. The maximum Gasteiger partial charge on any atom is 0.573 e. The summed E-state index contributed by atoms with van der Waals surface area (Å²) in [5.74, 6) is -1.59. The molecule has 28 heavy (non-hydrogen) atoms. The highest BCUT2D eigenvalue weighted by atomic mass is 35.5. The van der Waals surface area contributed by atoms with E-state index >= 15 is 0 Å². The normalized spacial score (nSPS) is 11.4. The third-order valence-electron chi connectivity index (χ3n) is 3.63. The molecular weight excluding hydrogens is 402 g/mol. The molecule has 0 atom stereocenters. The van der Waals surface area contributed by atoms with Crippen LogP contribution < -0.4 is 10.1 Å². The summed E-state index contributed by atoms with van der Waals surface area (Å²) in [7, 11) is 0. The standard InChI is InChI=1S/C18H12ClF4N3O2/c1-10-15(16(19)26(25-10)13-7-5-11(20)6-8-13)17(27)24-12-3-2-4-14(9-12)28-18(21,22)23/h2-9H,1H3,(H,24,27). The molecule has 1 amide bonds. The Morgan fingerprint density at radius 2 is 1.86 bits per heavy atom. The van der Waals surface area contributed by atoms with Crippen LogP contribution in [0.5, 0.6) is 5.75 Å². The van der Waals surface area contributed by atoms with E-state index in [9.17, 15) is 22.4 Å². The van der Waals surface area contributed by atoms with Crippen LogP contribution in [0.15, 0.2) is 48.5 Å². The lowest BCUT2D eigenvalue weighted by molar-refractivity contribution is -0.274. The van der Waals surface area contributed by atoms with Crippen LogP contribution in [0.1, 0.15) is 16.1 Å². The van der Waals surface area contributed by atoms with E-state index in [-0.39, 0.29) is 22.1 Å². The topological polar surface area (TPSA) is 56.2 Å². The fourth-order valence-electron chi connectivity index (χ4n) is 2.48. The minimum Gasteiger partial charge on any atom is -0.406 e. The largest absolute Gasteiger partial charge is 0.573 e. The number of amides is 1. The Labute approximate surface area is 161 Å². The number of carbonyl (C=O) groups excluding carboxylic acids is 1. The summed E-state index contributed by atoms with van der Waals surface area (Å²) in [4.78, 5) is 12.6. The highest BCUT2D eigenvalue weighted by Gasteiger charge is 2.31. The molecule has 0 unspecified atom stereocenters. The summed E-state index contributed by atoms with van der Waals surface area (Å²) in [6, 6.07) is 10.1. The van der Waals surface area contributed by atoms with Gasteiger partial charge in [-0.2, -0.15) is 5.10 Å². The molecule has 3 aromatic rings. The Bertz CT molecular complexity index is 1020. The number of hydrogen-bond acceptors (Lipinski definition) is 3. The van der Waals surface area contributed by atoms with Crippen LogP contribution in [0, 0.1) is 12.7 Å². The van der Waals surface area contributed by atoms with Gasteiger partial charge in [-0.1, -0.05) is 17.7 Å². The minimum absolute atomic E-state index is 0.0238. The van der Waals surface area contributed by atoms with Gasteiger partial charge in [0.1, 0.15) is 22.3 Å². The van der Waals surface area contributed by atoms with Crippen molar-refractivity contribution in [2.75, 3.05) is 5.32 Å². The third kappa shape index (κ3) is 4.42. The molecule has 146 valence electrons. The van der Waals surface area contributed by atoms with Crippen LogP contribution in [0.25, 0.3) is 5.69 Å². The molecule has 0 aliphatic rings. The van der Waals surface area contributed by atoms with E-state index in [1.807, 2.05) is 0 Å². The molecule has 0 spiro atoms. The number of anilines is 1. The molecule has 0 saturated carbocycles. The molecule has 5 nitrogen and oxygen atoms in total. The predicted octanol–water partition coefficient (Wildman–Crippen LogP) is 5.12. The van der Waals surface area contributed by atoms with E-state index in [0.29, 0.717) is 5.69 Å². The summed E-state index contributed by atoms with van der Waals surface area (Å²) in [5.41, 5.74) is 0.841. The summed E-state index contributed by atoms with van der Waals surface area (Å²) < 4.78 is 55.2. The first-order chi connectivity index (χ1) is 13.1. The number of carbonyl (C=O) groups is 1. The van der Waals surface area contributed by atoms with E-state index in [1.54, 1.807) is 6.92 Å². The van der Waals surface area contributed by atoms with E-state index in [2.05, 4.69) is 15.2 Å². The Hall–Kier alpha value is -3.07. The van der Waals surface area contributed by atoms with Crippen molar-refractivity contribution in [1.29, 1.82) is 0 Å². The lowest BCUT2D eigenvalue weighted by Crippen LogP contribution is -2.17. The maximum atomic E-state index is 13.1. The Balaban J connectivity index is 1.86. The zero-order valence-electron chi connectivity index (χ0n) is 14.2. The summed E-state index contributed by atoms with van der Waals surface area (Å²) in [6.45, 7) is 1.55. The van der Waals surface area contributed by atoms with Gasteiger partial charge in [-0.15, -0.1) is 13.2 Å². The first-order valence-corrected chi connectivity index (χ1v) is 8.20. The van der Waals surface area contributed by atoms with Crippen molar-refractivity contribution in [3.05, 3.63) is 70.8 Å². The van der Waals surface area contributed by atoms with Gasteiger partial charge < -0.3 is 10.1 Å². The molecule has 2 aromatic carbocycles. The van der Waals surface area contributed by atoms with Crippen LogP contribution in [0.4, 0.5) is 23.2 Å². The fourth-order valence-corrected chi connectivity index (χ4v) is 2.83. The highest BCUT2D eigenvalue weighted by Crippen LogP contribution is 2.27. The van der Waals surface area contributed by atoms with Crippen molar-refractivity contribution in [2.24, 2.45) is 0 Å². The first kappa shape index (κ1) is 19.7. The number of benzene rings is 2. The molecule has 0 aliphatic heterocycles. The predicted molar refractivity (Wildman–Crippen MR) is 94.3 cm³/mol. The second kappa shape index (κ2) is 7.51. The molecule has 1 aromatic heterocycles. The number of aromatic nitrogens is 2. The lowest BCUT2D eigenvalue weighted by atomic mass is 10.2. The molecule has 0 bridgehead atoms. The number of halogens is 5. The molecule has 0 saturated heterocycles. The van der Waals surface area contributed by atoms with Crippen molar-refractivity contribution < 1.29 is 27.1 Å². The smallest absolute Gasteiger partial charge is 0.406 e. The SMILES string of the molecule is Cc1nn(-c2ccc(F)cc2)c(Cl)c1C(=O)Nc1cccc(OC(F)(F)F)c1. The first-order valence-electron chi connectivity index (χ1n) is 7.82. The summed E-state index contributed by atoms with van der Waals surface area (Å²) >= 11 is 6.26. The number of alkyl halides is 3. The number of ether oxygens (including phenoxy) is 1. The lowest BCUT2D eigenvalue weighted by Gasteiger charge is -2.10. The molecule has 0 radical (unpaired) electrons. The second-order valence-electron chi connectivity index (χ2n) is 5.67. The number of hydrogen-bond donors (Lipinski definition) is 1. The van der Waals surface area contributed by atoms with Gasteiger partial charge in [-0.3, -0.25) is 4.79 Å². The van der Waals surface area contributed by atoms with Gasteiger partial charge in [0.05, 0.1) is 11.4 Å². The molecule has 0 aliphatic carbocycles. The van der Waals surface area contributed by atoms with Crippen LogP contribution in [-0.4, -0.2) is 22.1 Å². The number of rotatable bonds is 4. The van der Waals surface area contributed by atoms with Gasteiger partial charge in [0, 0.05) is 11.8 Å². The zero-order chi connectivity index (χ0) is 20.5. The average molecular weight is 414 g/mol. The van der Waals surface area contributed by atoms with Gasteiger partial charge >= 0.3 is 6.36 Å². The van der Waals surface area contributed by atoms with Crippen LogP contribution in [0.2, 0.25) is 5.15 Å². The Kier molecular flexibility index (Phi) is 5.28. The monoisotopic (exact) mass is 413 g/mol. The summed E-state index contributed by atoms with van der Waals surface area (Å²) in [6.07, 6.45) is -4.85. The molecule has 1 heterocycles. The number of nitrogens with zero attached hydrogens (tertiary/aromatic N) is 2. The zero-order valence-corrected chi connectivity index (χ0v) is 15.0. The van der Waals surface area contributed by atoms with Crippen molar-refractivity contribution in [3.8, 4) is 11.4 Å². The van der Waals surface area contributed by atoms with Gasteiger partial charge in [0.25, 0.3) is 5.91 Å². The van der Waals surface area contributed by atoms with Crippen LogP contribution >= 0.6 is 11.6 Å². The van der Waals surface area contributed by atoms with Gasteiger partial charge in [0.15, 0.2) is 0 Å². The third-order valence-corrected chi connectivity index (χ3v) is 3.98. The van der Waals surface area contributed by atoms with E-state index in [0.717, 1.165) is 12.1 Å². The van der Waals surface area contributed by atoms with Gasteiger partial charge in [-0.25, -0.2) is 9.07 Å².